The zero-order valence-corrected chi connectivity index (χ0v) is 20.1. The number of aromatic nitrogens is 3. The number of benzene rings is 3. The molecular formula is C29H21ClN5O+. The Balaban J connectivity index is 1.55. The minimum absolute atomic E-state index is 0.152. The van der Waals surface area contributed by atoms with Gasteiger partial charge < -0.3 is 0 Å². The van der Waals surface area contributed by atoms with Gasteiger partial charge >= 0.3 is 5.91 Å². The number of carbonyl (C=O) groups excluding carboxylic acids is 1. The highest BCUT2D eigenvalue weighted by molar-refractivity contribution is 6.31. The van der Waals surface area contributed by atoms with Crippen molar-refractivity contribution in [1.29, 1.82) is 0 Å². The van der Waals surface area contributed by atoms with E-state index >= 15 is 0 Å². The third-order valence-corrected chi connectivity index (χ3v) is 6.75. The molecule has 3 heterocycles. The van der Waals surface area contributed by atoms with Gasteiger partial charge in [0.15, 0.2) is 5.69 Å². The van der Waals surface area contributed by atoms with Gasteiger partial charge in [0.2, 0.25) is 5.84 Å². The maximum atomic E-state index is 14.1. The summed E-state index contributed by atoms with van der Waals surface area (Å²) in [5, 5.41) is 8.04. The van der Waals surface area contributed by atoms with Crippen molar-refractivity contribution >= 4 is 34.7 Å². The number of carbonyl (C=O) groups is 1. The number of aliphatic imine (C=N–C) groups is 1. The van der Waals surface area contributed by atoms with Crippen LogP contribution >= 0.6 is 11.6 Å². The summed E-state index contributed by atoms with van der Waals surface area (Å²) >= 11 is 6.17. The zero-order chi connectivity index (χ0) is 24.7. The predicted molar refractivity (Wildman–Crippen MR) is 143 cm³/mol. The molecule has 7 heteroatoms. The lowest BCUT2D eigenvalue weighted by Gasteiger charge is -2.33. The van der Waals surface area contributed by atoms with E-state index in [0.717, 1.165) is 28.1 Å². The Morgan fingerprint density at radius 2 is 1.47 bits per heavy atom. The van der Waals surface area contributed by atoms with Crippen LogP contribution in [0.3, 0.4) is 0 Å². The van der Waals surface area contributed by atoms with Crippen LogP contribution in [0.5, 0.6) is 0 Å². The molecule has 36 heavy (non-hydrogen) atoms. The number of nitrogens with one attached hydrogen (secondary N) is 1. The number of aromatic amines is 1. The maximum absolute atomic E-state index is 14.1. The fourth-order valence-corrected chi connectivity index (χ4v) is 4.67. The molecule has 0 radical (unpaired) electrons. The van der Waals surface area contributed by atoms with Gasteiger partial charge in [0, 0.05) is 34.5 Å². The number of H-pyrrole nitrogens is 1. The number of amides is 1. The van der Waals surface area contributed by atoms with Gasteiger partial charge in [0.25, 0.3) is 0 Å². The minimum Gasteiger partial charge on any atom is -0.267 e. The number of fused-ring (bicyclic) bond motifs is 1. The van der Waals surface area contributed by atoms with Crippen molar-refractivity contribution < 1.29 is 4.79 Å². The third-order valence-electron chi connectivity index (χ3n) is 6.50. The number of hydrogen-bond acceptors (Lipinski definition) is 4. The highest BCUT2D eigenvalue weighted by Crippen LogP contribution is 2.40. The van der Waals surface area contributed by atoms with Crippen molar-refractivity contribution in [3.8, 4) is 22.5 Å². The average molecular weight is 491 g/mol. The quantitative estimate of drug-likeness (QED) is 0.286. The van der Waals surface area contributed by atoms with E-state index in [1.165, 1.54) is 0 Å². The summed E-state index contributed by atoms with van der Waals surface area (Å²) in [5.74, 6) is 0.446. The summed E-state index contributed by atoms with van der Waals surface area (Å²) in [7, 11) is 1.85. The second-order valence-electron chi connectivity index (χ2n) is 8.68. The van der Waals surface area contributed by atoms with Gasteiger partial charge in [0.1, 0.15) is 17.1 Å². The van der Waals surface area contributed by atoms with Crippen molar-refractivity contribution in [2.75, 3.05) is 7.05 Å². The summed E-state index contributed by atoms with van der Waals surface area (Å²) in [6, 6.07) is 30.8. The number of quaternary nitrogens is 1. The first-order valence-corrected chi connectivity index (χ1v) is 11.9. The second-order valence-corrected chi connectivity index (χ2v) is 9.11. The van der Waals surface area contributed by atoms with Gasteiger partial charge in [0.05, 0.1) is 18.3 Å². The Kier molecular flexibility index (Phi) is 5.33. The molecule has 1 unspecified atom stereocenters. The van der Waals surface area contributed by atoms with Gasteiger partial charge in [-0.2, -0.15) is 14.6 Å². The molecule has 6 nitrogen and oxygen atoms in total. The van der Waals surface area contributed by atoms with E-state index < -0.39 is 0 Å². The van der Waals surface area contributed by atoms with Crippen molar-refractivity contribution in [3.63, 3.8) is 0 Å². The van der Waals surface area contributed by atoms with Crippen LogP contribution in [-0.4, -0.2) is 34.0 Å². The maximum Gasteiger partial charge on any atom is 0.377 e. The molecule has 1 aliphatic heterocycles. The van der Waals surface area contributed by atoms with Gasteiger partial charge in [-0.15, -0.1) is 0 Å². The normalized spacial score (nSPS) is 16.9. The Morgan fingerprint density at radius 1 is 0.778 bits per heavy atom. The molecule has 0 spiro atoms. The van der Waals surface area contributed by atoms with E-state index in [4.69, 9.17) is 16.6 Å². The van der Waals surface area contributed by atoms with E-state index in [0.29, 0.717) is 27.9 Å². The Hall–Kier alpha value is -4.39. The van der Waals surface area contributed by atoms with Crippen LogP contribution in [0.2, 0.25) is 5.02 Å². The lowest BCUT2D eigenvalue weighted by atomic mass is 10.0. The van der Waals surface area contributed by atoms with Crippen LogP contribution < -0.4 is 4.48 Å². The highest BCUT2D eigenvalue weighted by Gasteiger charge is 2.48. The predicted octanol–water partition coefficient (Wildman–Crippen LogP) is 6.66. The first-order chi connectivity index (χ1) is 17.6. The van der Waals surface area contributed by atoms with Crippen LogP contribution in [0.1, 0.15) is 16.1 Å². The van der Waals surface area contributed by atoms with Crippen molar-refractivity contribution in [2.45, 2.75) is 0 Å². The van der Waals surface area contributed by atoms with E-state index in [9.17, 15) is 4.79 Å². The molecule has 1 atom stereocenters. The highest BCUT2D eigenvalue weighted by atomic mass is 35.5. The average Bonchev–Trinajstić information content (AvgIpc) is 3.36. The Morgan fingerprint density at radius 3 is 2.17 bits per heavy atom. The standard InChI is InChI=1S/C29H20ClN5O/c1-35(23-16-14-22(30)15-17-23)28(21-12-10-19(11-13-21)24-9-5-6-18-31-24)32-26-25(20-7-3-2-4-8-20)33-34-27(26)29(35)36/h2-18H,1H3/p+1. The zero-order valence-electron chi connectivity index (χ0n) is 19.4. The van der Waals surface area contributed by atoms with Crippen molar-refractivity contribution in [1.82, 2.24) is 19.7 Å². The number of nitrogens with zero attached hydrogens (tertiary/aromatic N) is 4. The van der Waals surface area contributed by atoms with Gasteiger partial charge in [-0.3, -0.25) is 10.1 Å². The number of pyridine rings is 1. The van der Waals surface area contributed by atoms with Crippen LogP contribution in [0.15, 0.2) is 108 Å². The summed E-state index contributed by atoms with van der Waals surface area (Å²) < 4.78 is -0.163. The molecule has 6 rings (SSSR count). The first kappa shape index (κ1) is 22.1. The smallest absolute Gasteiger partial charge is 0.267 e. The first-order valence-electron chi connectivity index (χ1n) is 11.5. The van der Waals surface area contributed by atoms with Crippen molar-refractivity contribution in [3.05, 3.63) is 120 Å². The van der Waals surface area contributed by atoms with Gasteiger partial charge in [-0.25, -0.2) is 4.79 Å². The summed E-state index contributed by atoms with van der Waals surface area (Å²) in [6.07, 6.45) is 1.77. The topological polar surface area (TPSA) is 71.0 Å². The molecule has 174 valence electrons. The molecule has 0 fully saturated rings. The van der Waals surface area contributed by atoms with Crippen LogP contribution in [-0.2, 0) is 0 Å². The summed E-state index contributed by atoms with van der Waals surface area (Å²) in [5.41, 5.74) is 5.88. The molecule has 1 aliphatic rings. The number of rotatable bonds is 4. The minimum atomic E-state index is -0.163. The van der Waals surface area contributed by atoms with Crippen LogP contribution in [0.25, 0.3) is 22.5 Å². The van der Waals surface area contributed by atoms with Crippen molar-refractivity contribution in [2.24, 2.45) is 4.99 Å². The second kappa shape index (κ2) is 8.68. The lowest BCUT2D eigenvalue weighted by molar-refractivity contribution is 0.0866. The summed E-state index contributed by atoms with van der Waals surface area (Å²) in [4.78, 5) is 23.6. The lowest BCUT2D eigenvalue weighted by Crippen LogP contribution is -2.57. The van der Waals surface area contributed by atoms with E-state index in [-0.39, 0.29) is 10.4 Å². The molecule has 5 aromatic rings. The molecule has 0 aliphatic carbocycles. The van der Waals surface area contributed by atoms with Gasteiger partial charge in [-0.1, -0.05) is 60.1 Å². The Bertz CT molecular complexity index is 1590. The van der Waals surface area contributed by atoms with E-state index in [1.807, 2.05) is 92.0 Å². The van der Waals surface area contributed by atoms with Crippen LogP contribution in [0.4, 0.5) is 11.4 Å². The van der Waals surface area contributed by atoms with E-state index in [2.05, 4.69) is 15.2 Å². The molecule has 1 amide bonds. The number of amidine groups is 1. The number of halogens is 1. The monoisotopic (exact) mass is 490 g/mol. The molecule has 0 saturated heterocycles. The number of hydrogen-bond donors (Lipinski definition) is 1. The van der Waals surface area contributed by atoms with Crippen LogP contribution in [0, 0.1) is 0 Å². The molecular weight excluding hydrogens is 470 g/mol. The molecule has 0 bridgehead atoms. The Labute approximate surface area is 213 Å². The van der Waals surface area contributed by atoms with E-state index in [1.54, 1.807) is 18.3 Å². The molecule has 0 saturated carbocycles. The third kappa shape index (κ3) is 3.55. The SMILES string of the molecule is C[N+]1(c2ccc(Cl)cc2)C(=O)c2[nH]nc(-c3ccccc3)c2N=C1c1ccc(-c2ccccn2)cc1. The fourth-order valence-electron chi connectivity index (χ4n) is 4.54. The largest absolute Gasteiger partial charge is 0.377 e. The molecule has 2 aromatic heterocycles. The van der Waals surface area contributed by atoms with Gasteiger partial charge in [-0.05, 0) is 36.4 Å². The summed E-state index contributed by atoms with van der Waals surface area (Å²) in [6.45, 7) is 0. The fraction of sp³-hybridized carbons (Fsp3) is 0.0345. The molecule has 3 aromatic carbocycles. The molecule has 1 N–H and O–H groups in total.